The first-order chi connectivity index (χ1) is 15.3. The molecule has 0 spiro atoms. The lowest BCUT2D eigenvalue weighted by atomic mass is 10.0. The van der Waals surface area contributed by atoms with E-state index in [4.69, 9.17) is 0 Å². The largest absolute Gasteiger partial charge is 0.348 e. The Bertz CT molecular complexity index is 1210. The zero-order chi connectivity index (χ0) is 22.7. The summed E-state index contributed by atoms with van der Waals surface area (Å²) in [5.41, 5.74) is 3.86. The first-order valence-corrected chi connectivity index (χ1v) is 12.0. The van der Waals surface area contributed by atoms with Crippen molar-refractivity contribution in [1.82, 2.24) is 5.32 Å². The van der Waals surface area contributed by atoms with Gasteiger partial charge in [-0.1, -0.05) is 36.4 Å². The molecular weight excluding hydrogens is 427 g/mol. The number of hydrogen-bond acceptors (Lipinski definition) is 3. The van der Waals surface area contributed by atoms with Crippen LogP contribution in [0.15, 0.2) is 77.7 Å². The lowest BCUT2D eigenvalue weighted by Crippen LogP contribution is -2.41. The predicted octanol–water partition coefficient (Wildman–Crippen LogP) is 4.39. The zero-order valence-electron chi connectivity index (χ0n) is 17.8. The van der Waals surface area contributed by atoms with Crippen LogP contribution in [0, 0.1) is 5.82 Å². The number of sulfonamides is 1. The highest BCUT2D eigenvalue weighted by Crippen LogP contribution is 2.26. The van der Waals surface area contributed by atoms with Crippen molar-refractivity contribution in [2.24, 2.45) is 0 Å². The van der Waals surface area contributed by atoms with E-state index in [1.165, 1.54) is 47.5 Å². The highest BCUT2D eigenvalue weighted by Gasteiger charge is 2.27. The van der Waals surface area contributed by atoms with Gasteiger partial charge in [-0.15, -0.1) is 0 Å². The van der Waals surface area contributed by atoms with E-state index in [9.17, 15) is 17.6 Å². The van der Waals surface area contributed by atoms with Gasteiger partial charge >= 0.3 is 0 Å². The number of rotatable bonds is 7. The average Bonchev–Trinajstić information content (AvgIpc) is 3.26. The van der Waals surface area contributed by atoms with Crippen LogP contribution >= 0.6 is 0 Å². The minimum absolute atomic E-state index is 0.0591. The molecule has 0 bridgehead atoms. The standard InChI is InChI=1S/C25H25FN2O3S/c1-18(20-11-10-19-6-5-7-21(19)16-20)27-25(29)17-28(23-14-12-22(26)13-15-23)32(30,31)24-8-3-2-4-9-24/h2-4,8-16,18H,5-7,17H2,1H3,(H,27,29)/t18-/m0/s1. The van der Waals surface area contributed by atoms with Gasteiger partial charge in [0, 0.05) is 0 Å². The first-order valence-electron chi connectivity index (χ1n) is 10.6. The third kappa shape index (κ3) is 4.67. The SMILES string of the molecule is C[C@H](NC(=O)CN(c1ccc(F)cc1)S(=O)(=O)c1ccccc1)c1ccc2c(c1)CCC2. The maximum atomic E-state index is 13.4. The number of benzene rings is 3. The summed E-state index contributed by atoms with van der Waals surface area (Å²) < 4.78 is 41.0. The molecule has 0 heterocycles. The van der Waals surface area contributed by atoms with E-state index in [2.05, 4.69) is 17.4 Å². The van der Waals surface area contributed by atoms with Crippen molar-refractivity contribution >= 4 is 21.6 Å². The Morgan fingerprint density at radius 2 is 1.69 bits per heavy atom. The van der Waals surface area contributed by atoms with E-state index < -0.39 is 28.3 Å². The normalized spacial score (nSPS) is 13.9. The molecule has 3 aromatic carbocycles. The molecule has 0 saturated heterocycles. The maximum absolute atomic E-state index is 13.4. The number of halogens is 1. The fourth-order valence-electron chi connectivity index (χ4n) is 4.00. The number of carbonyl (C=O) groups excluding carboxylic acids is 1. The van der Waals surface area contributed by atoms with Crippen LogP contribution in [0.4, 0.5) is 10.1 Å². The van der Waals surface area contributed by atoms with Crippen LogP contribution in [0.25, 0.3) is 0 Å². The average molecular weight is 453 g/mol. The fourth-order valence-corrected chi connectivity index (χ4v) is 5.45. The lowest BCUT2D eigenvalue weighted by molar-refractivity contribution is -0.120. The summed E-state index contributed by atoms with van der Waals surface area (Å²) in [6, 6.07) is 18.9. The highest BCUT2D eigenvalue weighted by atomic mass is 32.2. The van der Waals surface area contributed by atoms with Crippen LogP contribution in [0.3, 0.4) is 0 Å². The molecule has 0 aromatic heterocycles. The molecule has 1 N–H and O–H groups in total. The molecule has 166 valence electrons. The summed E-state index contributed by atoms with van der Waals surface area (Å²) in [5.74, 6) is -0.928. The smallest absolute Gasteiger partial charge is 0.264 e. The van der Waals surface area contributed by atoms with Crippen molar-refractivity contribution in [3.63, 3.8) is 0 Å². The molecule has 3 aromatic rings. The van der Waals surface area contributed by atoms with Gasteiger partial charge in [0.1, 0.15) is 12.4 Å². The number of aryl methyl sites for hydroxylation is 2. The van der Waals surface area contributed by atoms with Gasteiger partial charge in [0.2, 0.25) is 5.91 Å². The van der Waals surface area contributed by atoms with Gasteiger partial charge in [-0.05, 0) is 79.3 Å². The number of carbonyl (C=O) groups is 1. The second kappa shape index (κ2) is 9.12. The van der Waals surface area contributed by atoms with Gasteiger partial charge in [-0.2, -0.15) is 0 Å². The van der Waals surface area contributed by atoms with E-state index in [1.54, 1.807) is 18.2 Å². The molecule has 5 nitrogen and oxygen atoms in total. The van der Waals surface area contributed by atoms with Gasteiger partial charge in [-0.25, -0.2) is 12.8 Å². The third-order valence-corrected chi connectivity index (χ3v) is 7.52. The molecule has 1 atom stereocenters. The van der Waals surface area contributed by atoms with E-state index in [0.717, 1.165) is 29.1 Å². The Morgan fingerprint density at radius 3 is 2.41 bits per heavy atom. The molecule has 1 aliphatic carbocycles. The minimum atomic E-state index is -4.02. The van der Waals surface area contributed by atoms with E-state index >= 15 is 0 Å². The Balaban J connectivity index is 1.56. The summed E-state index contributed by atoms with van der Waals surface area (Å²) in [6.45, 7) is 1.46. The summed E-state index contributed by atoms with van der Waals surface area (Å²) in [4.78, 5) is 13.0. The van der Waals surface area contributed by atoms with E-state index in [1.807, 2.05) is 13.0 Å². The van der Waals surface area contributed by atoms with E-state index in [-0.39, 0.29) is 16.6 Å². The van der Waals surface area contributed by atoms with Gasteiger partial charge < -0.3 is 5.32 Å². The fraction of sp³-hybridized carbons (Fsp3) is 0.240. The number of fused-ring (bicyclic) bond motifs is 1. The van der Waals surface area contributed by atoms with Crippen molar-refractivity contribution in [2.45, 2.75) is 37.1 Å². The van der Waals surface area contributed by atoms with Gasteiger partial charge in [-0.3, -0.25) is 9.10 Å². The molecule has 0 saturated carbocycles. The molecule has 32 heavy (non-hydrogen) atoms. The van der Waals surface area contributed by atoms with Crippen molar-refractivity contribution in [2.75, 3.05) is 10.8 Å². The molecule has 0 radical (unpaired) electrons. The van der Waals surface area contributed by atoms with Crippen LogP contribution in [0.5, 0.6) is 0 Å². The second-order valence-corrected chi connectivity index (χ2v) is 9.83. The Kier molecular flexibility index (Phi) is 6.28. The van der Waals surface area contributed by atoms with Crippen LogP contribution in [0.1, 0.15) is 36.1 Å². The van der Waals surface area contributed by atoms with Crippen LogP contribution in [0.2, 0.25) is 0 Å². The molecule has 0 aliphatic heterocycles. The van der Waals surface area contributed by atoms with E-state index in [0.29, 0.717) is 0 Å². The monoisotopic (exact) mass is 452 g/mol. The van der Waals surface area contributed by atoms with Crippen LogP contribution < -0.4 is 9.62 Å². The number of hydrogen-bond donors (Lipinski definition) is 1. The molecule has 0 unspecified atom stereocenters. The zero-order valence-corrected chi connectivity index (χ0v) is 18.6. The summed E-state index contributed by atoms with van der Waals surface area (Å²) in [6.07, 6.45) is 3.27. The highest BCUT2D eigenvalue weighted by molar-refractivity contribution is 7.92. The molecule has 1 amide bonds. The summed E-state index contributed by atoms with van der Waals surface area (Å²) >= 11 is 0. The molecule has 4 rings (SSSR count). The van der Waals surface area contributed by atoms with Gasteiger partial charge in [0.25, 0.3) is 10.0 Å². The number of nitrogens with zero attached hydrogens (tertiary/aromatic N) is 1. The molecular formula is C25H25FN2O3S. The first kappa shape index (κ1) is 22.0. The van der Waals surface area contributed by atoms with Crippen LogP contribution in [-0.2, 0) is 27.7 Å². The maximum Gasteiger partial charge on any atom is 0.264 e. The molecule has 1 aliphatic rings. The minimum Gasteiger partial charge on any atom is -0.348 e. The number of anilines is 1. The Labute approximate surface area is 187 Å². The second-order valence-electron chi connectivity index (χ2n) is 7.97. The van der Waals surface area contributed by atoms with Gasteiger partial charge in [0.05, 0.1) is 16.6 Å². The Morgan fingerprint density at radius 1 is 1.00 bits per heavy atom. The number of nitrogens with one attached hydrogen (secondary N) is 1. The predicted molar refractivity (Wildman–Crippen MR) is 122 cm³/mol. The van der Waals surface area contributed by atoms with Crippen molar-refractivity contribution < 1.29 is 17.6 Å². The summed E-state index contributed by atoms with van der Waals surface area (Å²) in [5, 5.41) is 2.90. The quantitative estimate of drug-likeness (QED) is 0.578. The van der Waals surface area contributed by atoms with Gasteiger partial charge in [0.15, 0.2) is 0 Å². The van der Waals surface area contributed by atoms with Crippen molar-refractivity contribution in [1.29, 1.82) is 0 Å². The third-order valence-electron chi connectivity index (χ3n) is 5.73. The van der Waals surface area contributed by atoms with Crippen LogP contribution in [-0.4, -0.2) is 20.9 Å². The van der Waals surface area contributed by atoms with Crippen molar-refractivity contribution in [3.8, 4) is 0 Å². The summed E-state index contributed by atoms with van der Waals surface area (Å²) in [7, 11) is -4.02. The number of amides is 1. The van der Waals surface area contributed by atoms with Crippen molar-refractivity contribution in [3.05, 3.63) is 95.3 Å². The topological polar surface area (TPSA) is 66.5 Å². The molecule has 0 fully saturated rings. The lowest BCUT2D eigenvalue weighted by Gasteiger charge is -2.25. The molecule has 7 heteroatoms. The Hall–Kier alpha value is -3.19.